The molecule has 0 aliphatic carbocycles. The second-order valence-corrected chi connectivity index (χ2v) is 7.70. The van der Waals surface area contributed by atoms with Crippen molar-refractivity contribution >= 4 is 34.8 Å². The van der Waals surface area contributed by atoms with Gasteiger partial charge in [-0.3, -0.25) is 19.3 Å². The molecule has 34 heavy (non-hydrogen) atoms. The molecule has 3 amide bonds. The monoisotopic (exact) mass is 459 g/mol. The summed E-state index contributed by atoms with van der Waals surface area (Å²) in [4.78, 5) is 38.8. The Morgan fingerprint density at radius 1 is 0.941 bits per heavy atom. The largest absolute Gasteiger partial charge is 0.484 e. The molecule has 0 bridgehead atoms. The number of benzene rings is 3. The predicted octanol–water partition coefficient (Wildman–Crippen LogP) is 3.63. The van der Waals surface area contributed by atoms with Gasteiger partial charge in [-0.2, -0.15) is 0 Å². The summed E-state index contributed by atoms with van der Waals surface area (Å²) in [5.74, 6) is 0.0356. The first-order valence-corrected chi connectivity index (χ1v) is 11.0. The number of amides is 3. The fourth-order valence-corrected chi connectivity index (χ4v) is 3.52. The standard InChI is InChI=1S/C26H25N3O5/c1-2-18-7-6-10-21(13-18)33-16-25(31)28-20-11-12-23-22(14-20)29(26(32)17-34-23)15-24(30)27-19-8-4-3-5-9-19/h3-14H,2,15-17H2,1H3,(H,27,30)(H,28,31). The fourth-order valence-electron chi connectivity index (χ4n) is 3.52. The second kappa shape index (κ2) is 10.5. The zero-order valence-corrected chi connectivity index (χ0v) is 18.7. The van der Waals surface area contributed by atoms with Crippen LogP contribution < -0.4 is 25.0 Å². The van der Waals surface area contributed by atoms with Gasteiger partial charge in [0.1, 0.15) is 18.0 Å². The first kappa shape index (κ1) is 22.8. The Balaban J connectivity index is 1.41. The summed E-state index contributed by atoms with van der Waals surface area (Å²) >= 11 is 0. The number of carbonyl (C=O) groups excluding carboxylic acids is 3. The van der Waals surface area contributed by atoms with Crippen LogP contribution in [0, 0.1) is 0 Å². The van der Waals surface area contributed by atoms with Crippen LogP contribution in [0.1, 0.15) is 12.5 Å². The van der Waals surface area contributed by atoms with E-state index in [1.54, 1.807) is 36.4 Å². The van der Waals surface area contributed by atoms with Crippen LogP contribution in [0.2, 0.25) is 0 Å². The Hall–Kier alpha value is -4.33. The zero-order valence-electron chi connectivity index (χ0n) is 18.7. The van der Waals surface area contributed by atoms with E-state index in [-0.39, 0.29) is 37.5 Å². The van der Waals surface area contributed by atoms with E-state index < -0.39 is 0 Å². The van der Waals surface area contributed by atoms with Crippen molar-refractivity contribution in [1.29, 1.82) is 0 Å². The second-order valence-electron chi connectivity index (χ2n) is 7.70. The third-order valence-corrected chi connectivity index (χ3v) is 5.22. The van der Waals surface area contributed by atoms with Gasteiger partial charge in [0, 0.05) is 11.4 Å². The highest BCUT2D eigenvalue weighted by atomic mass is 16.5. The summed E-state index contributed by atoms with van der Waals surface area (Å²) in [7, 11) is 0. The molecule has 0 aromatic heterocycles. The topological polar surface area (TPSA) is 97.0 Å². The maximum atomic E-state index is 12.5. The summed E-state index contributed by atoms with van der Waals surface area (Å²) < 4.78 is 11.1. The van der Waals surface area contributed by atoms with E-state index in [1.807, 2.05) is 43.3 Å². The van der Waals surface area contributed by atoms with E-state index in [1.165, 1.54) is 4.90 Å². The molecule has 0 spiro atoms. The third kappa shape index (κ3) is 5.72. The normalized spacial score (nSPS) is 12.4. The molecule has 0 unspecified atom stereocenters. The van der Waals surface area contributed by atoms with E-state index in [0.717, 1.165) is 12.0 Å². The highest BCUT2D eigenvalue weighted by Gasteiger charge is 2.28. The minimum Gasteiger partial charge on any atom is -0.484 e. The predicted molar refractivity (Wildman–Crippen MR) is 129 cm³/mol. The number of para-hydroxylation sites is 1. The number of nitrogens with one attached hydrogen (secondary N) is 2. The number of anilines is 3. The molecule has 1 aliphatic rings. The lowest BCUT2D eigenvalue weighted by Gasteiger charge is -2.29. The van der Waals surface area contributed by atoms with Crippen LogP contribution >= 0.6 is 0 Å². The summed E-state index contributed by atoms with van der Waals surface area (Å²) in [6, 6.07) is 21.5. The van der Waals surface area contributed by atoms with Crippen molar-refractivity contribution in [2.24, 2.45) is 0 Å². The van der Waals surface area contributed by atoms with Gasteiger partial charge in [0.05, 0.1) is 5.69 Å². The number of ether oxygens (including phenoxy) is 2. The third-order valence-electron chi connectivity index (χ3n) is 5.22. The maximum Gasteiger partial charge on any atom is 0.265 e. The highest BCUT2D eigenvalue weighted by molar-refractivity contribution is 6.05. The highest BCUT2D eigenvalue weighted by Crippen LogP contribution is 2.34. The molecule has 0 radical (unpaired) electrons. The number of carbonyl (C=O) groups is 3. The quantitative estimate of drug-likeness (QED) is 0.536. The summed E-state index contributed by atoms with van der Waals surface area (Å²) in [6.45, 7) is 1.54. The molecule has 3 aromatic carbocycles. The molecule has 0 atom stereocenters. The van der Waals surface area contributed by atoms with Gasteiger partial charge >= 0.3 is 0 Å². The average Bonchev–Trinajstić information content (AvgIpc) is 2.85. The van der Waals surface area contributed by atoms with Crippen LogP contribution in [-0.2, 0) is 20.8 Å². The minimum absolute atomic E-state index is 0.164. The Bertz CT molecular complexity index is 1200. The molecule has 8 nitrogen and oxygen atoms in total. The van der Waals surface area contributed by atoms with Crippen LogP contribution in [0.25, 0.3) is 0 Å². The molecule has 0 saturated carbocycles. The molecule has 174 valence electrons. The van der Waals surface area contributed by atoms with Crippen LogP contribution in [0.5, 0.6) is 11.5 Å². The summed E-state index contributed by atoms with van der Waals surface area (Å²) in [5.41, 5.74) is 2.63. The molecule has 0 fully saturated rings. The van der Waals surface area contributed by atoms with Crippen LogP contribution in [-0.4, -0.2) is 37.5 Å². The van der Waals surface area contributed by atoms with Crippen molar-refractivity contribution in [2.45, 2.75) is 13.3 Å². The van der Waals surface area contributed by atoms with Gasteiger partial charge in [-0.15, -0.1) is 0 Å². The number of fused-ring (bicyclic) bond motifs is 1. The molecule has 8 heteroatoms. The van der Waals surface area contributed by atoms with Crippen LogP contribution in [0.3, 0.4) is 0 Å². The number of rotatable bonds is 8. The number of nitrogens with zero attached hydrogens (tertiary/aromatic N) is 1. The van der Waals surface area contributed by atoms with Crippen LogP contribution in [0.15, 0.2) is 72.8 Å². The van der Waals surface area contributed by atoms with E-state index in [9.17, 15) is 14.4 Å². The number of aryl methyl sites for hydroxylation is 1. The lowest BCUT2D eigenvalue weighted by Crippen LogP contribution is -2.43. The van der Waals surface area contributed by atoms with Gasteiger partial charge < -0.3 is 20.1 Å². The average molecular weight is 460 g/mol. The number of hydrogen-bond acceptors (Lipinski definition) is 5. The summed E-state index contributed by atoms with van der Waals surface area (Å²) in [5, 5.41) is 5.53. The van der Waals surface area contributed by atoms with Crippen molar-refractivity contribution < 1.29 is 23.9 Å². The van der Waals surface area contributed by atoms with E-state index in [4.69, 9.17) is 9.47 Å². The van der Waals surface area contributed by atoms with E-state index in [2.05, 4.69) is 10.6 Å². The lowest BCUT2D eigenvalue weighted by atomic mass is 10.2. The van der Waals surface area contributed by atoms with Crippen molar-refractivity contribution in [2.75, 3.05) is 35.3 Å². The fraction of sp³-hybridized carbons (Fsp3) is 0.192. The molecule has 4 rings (SSSR count). The zero-order chi connectivity index (χ0) is 23.9. The molecule has 2 N–H and O–H groups in total. The molecule has 1 aliphatic heterocycles. The van der Waals surface area contributed by atoms with Gasteiger partial charge in [-0.1, -0.05) is 37.3 Å². The molecular formula is C26H25N3O5. The molecule has 1 heterocycles. The van der Waals surface area contributed by atoms with Gasteiger partial charge in [-0.05, 0) is 54.4 Å². The Labute approximate surface area is 197 Å². The Morgan fingerprint density at radius 3 is 2.53 bits per heavy atom. The summed E-state index contributed by atoms with van der Waals surface area (Å²) in [6.07, 6.45) is 0.874. The van der Waals surface area contributed by atoms with Crippen molar-refractivity contribution in [3.05, 3.63) is 78.4 Å². The molecule has 0 saturated heterocycles. The molecule has 3 aromatic rings. The Morgan fingerprint density at radius 2 is 1.74 bits per heavy atom. The van der Waals surface area contributed by atoms with Crippen molar-refractivity contribution in [3.63, 3.8) is 0 Å². The lowest BCUT2D eigenvalue weighted by molar-refractivity contribution is -0.123. The Kier molecular flexibility index (Phi) is 7.07. The maximum absolute atomic E-state index is 12.5. The van der Waals surface area contributed by atoms with Gasteiger partial charge in [0.25, 0.3) is 11.8 Å². The minimum atomic E-state index is -0.349. The van der Waals surface area contributed by atoms with E-state index in [0.29, 0.717) is 28.6 Å². The molecular weight excluding hydrogens is 434 g/mol. The smallest absolute Gasteiger partial charge is 0.265 e. The van der Waals surface area contributed by atoms with Gasteiger partial charge in [-0.25, -0.2) is 0 Å². The van der Waals surface area contributed by atoms with Gasteiger partial charge in [0.2, 0.25) is 5.91 Å². The van der Waals surface area contributed by atoms with Crippen molar-refractivity contribution in [1.82, 2.24) is 0 Å². The van der Waals surface area contributed by atoms with Gasteiger partial charge in [0.15, 0.2) is 13.2 Å². The first-order valence-electron chi connectivity index (χ1n) is 11.0. The van der Waals surface area contributed by atoms with Crippen LogP contribution in [0.4, 0.5) is 17.1 Å². The number of hydrogen-bond donors (Lipinski definition) is 2. The van der Waals surface area contributed by atoms with Crippen molar-refractivity contribution in [3.8, 4) is 11.5 Å². The van der Waals surface area contributed by atoms with E-state index >= 15 is 0 Å². The SMILES string of the molecule is CCc1cccc(OCC(=O)Nc2ccc3c(c2)N(CC(=O)Nc2ccccc2)C(=O)CO3)c1. The first-order chi connectivity index (χ1) is 16.5.